The highest BCUT2D eigenvalue weighted by atomic mass is 28.4. The lowest BCUT2D eigenvalue weighted by atomic mass is 10.5. The molecule has 16 heavy (non-hydrogen) atoms. The van der Waals surface area contributed by atoms with Crippen LogP contribution in [0.4, 0.5) is 0 Å². The third-order valence-corrected chi connectivity index (χ3v) is 7.57. The molecule has 0 unspecified atom stereocenters. The average Bonchev–Trinajstić information content (AvgIpc) is 2.24. The van der Waals surface area contributed by atoms with Gasteiger partial charge in [0.25, 0.3) is 0 Å². The molecule has 0 saturated carbocycles. The molecule has 0 spiro atoms. The summed E-state index contributed by atoms with van der Waals surface area (Å²) in [6, 6.07) is 0.852. The van der Waals surface area contributed by atoms with Gasteiger partial charge in [-0.1, -0.05) is 13.8 Å². The van der Waals surface area contributed by atoms with E-state index in [1.54, 1.807) is 0 Å². The van der Waals surface area contributed by atoms with E-state index in [0.29, 0.717) is 25.3 Å². The molecule has 0 fully saturated rings. The summed E-state index contributed by atoms with van der Waals surface area (Å²) < 4.78 is 17.6. The van der Waals surface area contributed by atoms with Crippen molar-refractivity contribution in [3.05, 3.63) is 0 Å². The van der Waals surface area contributed by atoms with Crippen LogP contribution in [0.5, 0.6) is 0 Å². The zero-order chi connectivity index (χ0) is 12.4. The summed E-state index contributed by atoms with van der Waals surface area (Å²) in [5.41, 5.74) is 6.18. The van der Waals surface area contributed by atoms with Crippen LogP contribution < -0.4 is 5.73 Å². The van der Waals surface area contributed by atoms with Crippen LogP contribution in [0.1, 0.15) is 34.1 Å². The molecule has 6 heteroatoms. The summed E-state index contributed by atoms with van der Waals surface area (Å²) in [7, 11) is -2.95. The Bertz CT molecular complexity index is 164. The Morgan fingerprint density at radius 1 is 1.19 bits per heavy atom. The number of rotatable bonds is 10. The lowest BCUT2D eigenvalue weighted by Crippen LogP contribution is -2.47. The molecule has 4 nitrogen and oxygen atoms in total. The second kappa shape index (κ2) is 9.32. The van der Waals surface area contributed by atoms with Gasteiger partial charge < -0.3 is 18.7 Å². The van der Waals surface area contributed by atoms with E-state index >= 15 is 0 Å². The van der Waals surface area contributed by atoms with E-state index in [2.05, 4.69) is 13.8 Å². The Kier molecular flexibility index (Phi) is 9.48. The minimum Gasteiger partial charge on any atom is -0.421 e. The fraction of sp³-hybridized carbons (Fsp3) is 1.00. The van der Waals surface area contributed by atoms with E-state index in [-0.39, 0.29) is 0 Å². The van der Waals surface area contributed by atoms with Crippen molar-refractivity contribution in [2.45, 2.75) is 45.7 Å². The summed E-state index contributed by atoms with van der Waals surface area (Å²) in [5.74, 6) is 0. The smallest absolute Gasteiger partial charge is 0.421 e. The van der Waals surface area contributed by atoms with Crippen LogP contribution in [-0.2, 0) is 13.0 Å². The van der Waals surface area contributed by atoms with Crippen LogP contribution in [0.25, 0.3) is 0 Å². The summed E-state index contributed by atoms with van der Waals surface area (Å²) in [6.07, 6.45) is 0.915. The molecule has 0 aromatic rings. The molecule has 0 aromatic carbocycles. The maximum atomic E-state index is 6.05. The van der Waals surface area contributed by atoms with Crippen molar-refractivity contribution in [3.8, 4) is 0 Å². The van der Waals surface area contributed by atoms with Crippen LogP contribution in [0.15, 0.2) is 0 Å². The third kappa shape index (κ3) is 6.77. The SMILES string of the molecule is CCO[Si](CCCN)(OCC)O[SiH2]C(C)C. The number of nitrogens with two attached hydrogens (primary N) is 1. The van der Waals surface area contributed by atoms with E-state index in [9.17, 15) is 0 Å². The van der Waals surface area contributed by atoms with Gasteiger partial charge in [0.2, 0.25) is 0 Å². The number of hydrogen-bond donors (Lipinski definition) is 1. The highest BCUT2D eigenvalue weighted by molar-refractivity contribution is 6.66. The molecule has 2 N–H and O–H groups in total. The van der Waals surface area contributed by atoms with Crippen molar-refractivity contribution in [3.63, 3.8) is 0 Å². The van der Waals surface area contributed by atoms with Gasteiger partial charge in [0.05, 0.1) is 0 Å². The van der Waals surface area contributed by atoms with Crippen molar-refractivity contribution >= 4 is 18.6 Å². The van der Waals surface area contributed by atoms with Crippen LogP contribution in [0.3, 0.4) is 0 Å². The van der Waals surface area contributed by atoms with Gasteiger partial charge in [-0.2, -0.15) is 0 Å². The van der Waals surface area contributed by atoms with Crippen molar-refractivity contribution in [2.24, 2.45) is 5.73 Å². The largest absolute Gasteiger partial charge is 0.490 e. The molecule has 98 valence electrons. The Labute approximate surface area is 103 Å². The standard InChI is InChI=1S/C10H27NO3Si2/c1-5-12-16(13-6-2,9-7-8-11)14-15-10(3)4/h10H,5-9,11,15H2,1-4H3. The average molecular weight is 266 g/mol. The maximum Gasteiger partial charge on any atom is 0.490 e. The van der Waals surface area contributed by atoms with Crippen molar-refractivity contribution < 1.29 is 13.0 Å². The number of hydrogen-bond acceptors (Lipinski definition) is 4. The molecule has 0 rings (SSSR count). The van der Waals surface area contributed by atoms with E-state index in [0.717, 1.165) is 12.5 Å². The van der Waals surface area contributed by atoms with Gasteiger partial charge in [-0.25, -0.2) is 0 Å². The van der Waals surface area contributed by atoms with Crippen LogP contribution in [0, 0.1) is 0 Å². The zero-order valence-corrected chi connectivity index (χ0v) is 13.5. The molecule has 0 amide bonds. The summed E-state index contributed by atoms with van der Waals surface area (Å²) in [5, 5.41) is 0. The molecule has 0 aliphatic rings. The van der Waals surface area contributed by atoms with Gasteiger partial charge >= 0.3 is 8.80 Å². The summed E-state index contributed by atoms with van der Waals surface area (Å²) >= 11 is 0. The van der Waals surface area contributed by atoms with Crippen molar-refractivity contribution in [1.82, 2.24) is 0 Å². The predicted molar refractivity (Wildman–Crippen MR) is 72.2 cm³/mol. The quantitative estimate of drug-likeness (QED) is 0.605. The van der Waals surface area contributed by atoms with Crippen molar-refractivity contribution in [2.75, 3.05) is 19.8 Å². The lowest BCUT2D eigenvalue weighted by Gasteiger charge is -2.30. The predicted octanol–water partition coefficient (Wildman–Crippen LogP) is 1.28. The molecular formula is C10H27NO3Si2. The molecule has 0 atom stereocenters. The zero-order valence-electron chi connectivity index (χ0n) is 11.1. The minimum absolute atomic E-state index is 0.556. The second-order valence-corrected chi connectivity index (χ2v) is 9.71. The first-order valence-corrected chi connectivity index (χ1v) is 9.54. The van der Waals surface area contributed by atoms with E-state index in [1.165, 1.54) is 0 Å². The monoisotopic (exact) mass is 265 g/mol. The summed E-state index contributed by atoms with van der Waals surface area (Å²) in [4.78, 5) is 0. The normalized spacial score (nSPS) is 13.1. The highest BCUT2D eigenvalue weighted by Gasteiger charge is 2.39. The highest BCUT2D eigenvalue weighted by Crippen LogP contribution is 2.18. The van der Waals surface area contributed by atoms with E-state index < -0.39 is 18.6 Å². The van der Waals surface area contributed by atoms with Crippen LogP contribution >= 0.6 is 0 Å². The molecule has 0 aliphatic carbocycles. The third-order valence-electron chi connectivity index (χ3n) is 2.05. The first-order chi connectivity index (χ1) is 7.60. The lowest BCUT2D eigenvalue weighted by molar-refractivity contribution is 0.117. The minimum atomic E-state index is -2.40. The Morgan fingerprint density at radius 3 is 2.12 bits per heavy atom. The van der Waals surface area contributed by atoms with Crippen LogP contribution in [0.2, 0.25) is 11.6 Å². The summed E-state index contributed by atoms with van der Waals surface area (Å²) in [6.45, 7) is 10.3. The molecule has 0 heterocycles. The van der Waals surface area contributed by atoms with Crippen molar-refractivity contribution in [1.29, 1.82) is 0 Å². The fourth-order valence-corrected chi connectivity index (χ4v) is 6.88. The maximum absolute atomic E-state index is 6.05. The fourth-order valence-electron chi connectivity index (χ4n) is 1.39. The second-order valence-electron chi connectivity index (χ2n) is 4.15. The Morgan fingerprint density at radius 2 is 1.75 bits per heavy atom. The molecule has 0 radical (unpaired) electrons. The molecule has 0 aliphatic heterocycles. The van der Waals surface area contributed by atoms with Crippen LogP contribution in [-0.4, -0.2) is 38.3 Å². The van der Waals surface area contributed by atoms with E-state index in [4.69, 9.17) is 18.7 Å². The van der Waals surface area contributed by atoms with Gasteiger partial charge in [-0.05, 0) is 32.4 Å². The topological polar surface area (TPSA) is 53.7 Å². The van der Waals surface area contributed by atoms with Gasteiger partial charge in [-0.15, -0.1) is 0 Å². The first kappa shape index (κ1) is 16.3. The first-order valence-electron chi connectivity index (χ1n) is 6.22. The Hall–Kier alpha value is 0.274. The Balaban J connectivity index is 4.36. The molecular weight excluding hydrogens is 238 g/mol. The molecule has 0 bridgehead atoms. The van der Waals surface area contributed by atoms with Gasteiger partial charge in [0.15, 0.2) is 9.76 Å². The van der Waals surface area contributed by atoms with Gasteiger partial charge in [-0.3, -0.25) is 0 Å². The molecule has 0 aromatic heterocycles. The van der Waals surface area contributed by atoms with Gasteiger partial charge in [0, 0.05) is 19.3 Å². The van der Waals surface area contributed by atoms with Gasteiger partial charge in [0.1, 0.15) is 0 Å². The van der Waals surface area contributed by atoms with E-state index in [1.807, 2.05) is 13.8 Å². The molecule has 0 saturated heterocycles.